The molecule has 1 rings (SSSR count). The fourth-order valence-electron chi connectivity index (χ4n) is 3.31. The number of rotatable bonds is 16. The molecule has 0 spiro atoms. The Morgan fingerprint density at radius 1 is 1.09 bits per heavy atom. The van der Waals surface area contributed by atoms with Crippen molar-refractivity contribution >= 4 is 40.2 Å². The Balaban J connectivity index is 3.10. The second-order valence-corrected chi connectivity index (χ2v) is 11.4. The van der Waals surface area contributed by atoms with Gasteiger partial charge < -0.3 is 26.8 Å². The van der Waals surface area contributed by atoms with Gasteiger partial charge in [0, 0.05) is 31.0 Å². The van der Waals surface area contributed by atoms with Gasteiger partial charge in [0.05, 0.1) is 11.8 Å². The number of carboxylic acid groups (broad SMARTS) is 1. The van der Waals surface area contributed by atoms with E-state index in [2.05, 4.69) is 28.6 Å². The molecule has 1 aromatic carbocycles. The first-order valence-electron chi connectivity index (χ1n) is 11.5. The highest BCUT2D eigenvalue weighted by molar-refractivity contribution is 7.90. The summed E-state index contributed by atoms with van der Waals surface area (Å²) in [5.41, 5.74) is 6.69. The van der Waals surface area contributed by atoms with Crippen molar-refractivity contribution in [3.8, 4) is 0 Å². The third kappa shape index (κ3) is 11.9. The van der Waals surface area contributed by atoms with Crippen LogP contribution in [0.25, 0.3) is 0 Å². The van der Waals surface area contributed by atoms with E-state index in [0.717, 1.165) is 11.8 Å². The number of aliphatic carboxylic acids is 1. The Labute approximate surface area is 213 Å². The molecule has 0 radical (unpaired) electrons. The number of benzene rings is 1. The van der Waals surface area contributed by atoms with E-state index in [1.165, 1.54) is 0 Å². The maximum atomic E-state index is 13.2. The summed E-state index contributed by atoms with van der Waals surface area (Å²) in [6.45, 7) is 4.20. The number of carboxylic acids is 1. The predicted octanol–water partition coefficient (Wildman–Crippen LogP) is -0.0206. The van der Waals surface area contributed by atoms with Gasteiger partial charge in [-0.15, -0.1) is 0 Å². The zero-order chi connectivity index (χ0) is 26.6. The first-order valence-corrected chi connectivity index (χ1v) is 14.2. The largest absolute Gasteiger partial charge is 0.480 e. The van der Waals surface area contributed by atoms with Gasteiger partial charge in [0.1, 0.15) is 21.9 Å². The molecule has 0 fully saturated rings. The molecule has 2 amide bonds. The average Bonchev–Trinajstić information content (AvgIpc) is 2.80. The number of hydrogen-bond donors (Lipinski definition) is 6. The summed E-state index contributed by atoms with van der Waals surface area (Å²) in [5, 5.41) is 17.8. The zero-order valence-electron chi connectivity index (χ0n) is 20.4. The third-order valence-electron chi connectivity index (χ3n) is 5.64. The van der Waals surface area contributed by atoms with Crippen LogP contribution in [0.4, 0.5) is 0 Å². The zero-order valence-corrected chi connectivity index (χ0v) is 22.1. The molecule has 0 saturated heterocycles. The average molecular weight is 531 g/mol. The standard InChI is InChI=1S/C23H38N4O6S2/c1-4-15(2)20(25-13-17(24)14-34)22(29)27-19(12-16-8-6-5-7-9-16)21(28)26-18(23(30)31)10-11-35(3,32)33/h5-9,15,17-20,25,34H,4,10-14,24H2,1-3H3,(H,26,28)(H,27,29)(H,30,31)/t15-,17+,18-,19-,20-/m0/s1. The van der Waals surface area contributed by atoms with Crippen LogP contribution in [-0.4, -0.2) is 79.8 Å². The number of nitrogens with one attached hydrogen (secondary N) is 3. The van der Waals surface area contributed by atoms with Crippen LogP contribution in [-0.2, 0) is 30.6 Å². The highest BCUT2D eigenvalue weighted by Crippen LogP contribution is 2.11. The van der Waals surface area contributed by atoms with Crippen LogP contribution >= 0.6 is 12.6 Å². The molecule has 0 unspecified atom stereocenters. The molecule has 5 atom stereocenters. The molecule has 0 aromatic heterocycles. The fourth-order valence-corrected chi connectivity index (χ4v) is 4.11. The molecule has 6 N–H and O–H groups in total. The van der Waals surface area contributed by atoms with Gasteiger partial charge in [-0.3, -0.25) is 9.59 Å². The molecule has 0 saturated carbocycles. The minimum atomic E-state index is -3.42. The lowest BCUT2D eigenvalue weighted by molar-refractivity contribution is -0.142. The van der Waals surface area contributed by atoms with Crippen molar-refractivity contribution in [1.82, 2.24) is 16.0 Å². The van der Waals surface area contributed by atoms with Crippen molar-refractivity contribution < 1.29 is 27.9 Å². The number of hydrogen-bond acceptors (Lipinski definition) is 8. The molecule has 0 aliphatic heterocycles. The fraction of sp³-hybridized carbons (Fsp3) is 0.609. The molecule has 12 heteroatoms. The summed E-state index contributed by atoms with van der Waals surface area (Å²) in [6, 6.07) is 5.62. The molecular weight excluding hydrogens is 492 g/mol. The summed E-state index contributed by atoms with van der Waals surface area (Å²) in [7, 11) is -3.42. The quantitative estimate of drug-likeness (QED) is 0.162. The van der Waals surface area contributed by atoms with Gasteiger partial charge in [-0.25, -0.2) is 13.2 Å². The lowest BCUT2D eigenvalue weighted by atomic mass is 9.97. The molecule has 10 nitrogen and oxygen atoms in total. The summed E-state index contributed by atoms with van der Waals surface area (Å²) in [5.74, 6) is -2.50. The van der Waals surface area contributed by atoms with Crippen LogP contribution in [0.3, 0.4) is 0 Å². The number of nitrogens with two attached hydrogens (primary N) is 1. The molecule has 0 heterocycles. The van der Waals surface area contributed by atoms with Crippen LogP contribution in [0.2, 0.25) is 0 Å². The highest BCUT2D eigenvalue weighted by atomic mass is 32.2. The van der Waals surface area contributed by atoms with Crippen molar-refractivity contribution in [2.75, 3.05) is 24.3 Å². The topological polar surface area (TPSA) is 168 Å². The van der Waals surface area contributed by atoms with E-state index in [-0.39, 0.29) is 24.8 Å². The Kier molecular flexibility index (Phi) is 13.3. The Hall–Kier alpha value is -2.15. The first kappa shape index (κ1) is 30.9. The SMILES string of the molecule is CC[C@H](C)[C@H](NC[C@@H](N)CS)C(=O)N[C@@H](Cc1ccccc1)C(=O)N[C@@H](CCS(C)(=O)=O)C(=O)O. The number of thiol groups is 1. The Morgan fingerprint density at radius 2 is 1.69 bits per heavy atom. The lowest BCUT2D eigenvalue weighted by Gasteiger charge is -2.28. The van der Waals surface area contributed by atoms with Gasteiger partial charge in [0.15, 0.2) is 0 Å². The molecule has 1 aromatic rings. The summed E-state index contributed by atoms with van der Waals surface area (Å²) < 4.78 is 23.0. The van der Waals surface area contributed by atoms with Crippen molar-refractivity contribution in [2.45, 2.75) is 57.3 Å². The highest BCUT2D eigenvalue weighted by Gasteiger charge is 2.31. The van der Waals surface area contributed by atoms with E-state index in [0.29, 0.717) is 18.7 Å². The number of carbonyl (C=O) groups excluding carboxylic acids is 2. The van der Waals surface area contributed by atoms with E-state index in [4.69, 9.17) is 5.73 Å². The van der Waals surface area contributed by atoms with Crippen molar-refractivity contribution in [1.29, 1.82) is 0 Å². The van der Waals surface area contributed by atoms with Gasteiger partial charge in [-0.1, -0.05) is 50.6 Å². The van der Waals surface area contributed by atoms with Crippen LogP contribution < -0.4 is 21.7 Å². The van der Waals surface area contributed by atoms with Crippen molar-refractivity contribution in [3.05, 3.63) is 35.9 Å². The third-order valence-corrected chi connectivity index (χ3v) is 7.08. The molecule has 0 aliphatic rings. The minimum absolute atomic E-state index is 0.0657. The van der Waals surface area contributed by atoms with Crippen LogP contribution in [0, 0.1) is 5.92 Å². The Morgan fingerprint density at radius 3 is 2.20 bits per heavy atom. The number of amides is 2. The second-order valence-electron chi connectivity index (χ2n) is 8.78. The van der Waals surface area contributed by atoms with E-state index in [1.54, 1.807) is 24.3 Å². The summed E-state index contributed by atoms with van der Waals surface area (Å²) in [6.07, 6.45) is 1.53. The normalized spacial score (nSPS) is 15.9. The second kappa shape index (κ2) is 15.1. The number of carbonyl (C=O) groups is 3. The van der Waals surface area contributed by atoms with E-state index >= 15 is 0 Å². The molecule has 35 heavy (non-hydrogen) atoms. The van der Waals surface area contributed by atoms with Gasteiger partial charge in [0.2, 0.25) is 11.8 Å². The van der Waals surface area contributed by atoms with E-state index in [1.807, 2.05) is 19.9 Å². The van der Waals surface area contributed by atoms with Crippen molar-refractivity contribution in [2.24, 2.45) is 11.7 Å². The van der Waals surface area contributed by atoms with Crippen LogP contribution in [0.1, 0.15) is 32.3 Å². The summed E-state index contributed by atoms with van der Waals surface area (Å²) in [4.78, 5) is 38.0. The Bertz CT molecular complexity index is 929. The molecule has 0 aliphatic carbocycles. The summed E-state index contributed by atoms with van der Waals surface area (Å²) >= 11 is 4.16. The maximum Gasteiger partial charge on any atom is 0.326 e. The molecule has 198 valence electrons. The predicted molar refractivity (Wildman–Crippen MR) is 139 cm³/mol. The van der Waals surface area contributed by atoms with Crippen LogP contribution in [0.15, 0.2) is 30.3 Å². The first-order chi connectivity index (χ1) is 16.4. The minimum Gasteiger partial charge on any atom is -0.480 e. The van der Waals surface area contributed by atoms with Gasteiger partial charge in [0.25, 0.3) is 0 Å². The number of sulfone groups is 1. The van der Waals surface area contributed by atoms with Gasteiger partial charge in [-0.2, -0.15) is 12.6 Å². The van der Waals surface area contributed by atoms with E-state index in [9.17, 15) is 27.9 Å². The smallest absolute Gasteiger partial charge is 0.326 e. The monoisotopic (exact) mass is 530 g/mol. The lowest BCUT2D eigenvalue weighted by Crippen LogP contribution is -2.58. The molecule has 0 bridgehead atoms. The van der Waals surface area contributed by atoms with Crippen LogP contribution in [0.5, 0.6) is 0 Å². The molecular formula is C23H38N4O6S2. The maximum absolute atomic E-state index is 13.2. The van der Waals surface area contributed by atoms with Gasteiger partial charge in [-0.05, 0) is 17.9 Å². The van der Waals surface area contributed by atoms with Gasteiger partial charge >= 0.3 is 5.97 Å². The van der Waals surface area contributed by atoms with Crippen molar-refractivity contribution in [3.63, 3.8) is 0 Å². The van der Waals surface area contributed by atoms with E-state index < -0.39 is 51.5 Å².